The first kappa shape index (κ1) is 12.7. The second-order valence-electron chi connectivity index (χ2n) is 3.01. The molecule has 0 bridgehead atoms. The number of aromatic nitrogens is 1. The minimum Gasteiger partial charge on any atom is -0.489 e. The third kappa shape index (κ3) is 3.67. The Morgan fingerprint density at radius 2 is 2.06 bits per heavy atom. The lowest BCUT2D eigenvalue weighted by molar-refractivity contribution is -0.210. The van der Waals surface area contributed by atoms with Crippen LogP contribution >= 0.6 is 0 Å². The van der Waals surface area contributed by atoms with Gasteiger partial charge in [0.05, 0.1) is 18.5 Å². The minimum absolute atomic E-state index is 0.0977. The normalized spacial score (nSPS) is 13.6. The highest BCUT2D eigenvalue weighted by atomic mass is 19.4. The van der Waals surface area contributed by atoms with E-state index in [1.807, 2.05) is 0 Å². The Morgan fingerprint density at radius 3 is 2.50 bits per heavy atom. The Kier molecular flexibility index (Phi) is 4.08. The number of halogens is 3. The third-order valence-corrected chi connectivity index (χ3v) is 1.75. The van der Waals surface area contributed by atoms with E-state index in [-0.39, 0.29) is 12.4 Å². The molecule has 4 nitrogen and oxygen atoms in total. The molecule has 16 heavy (non-hydrogen) atoms. The molecule has 90 valence electrons. The molecular formula is C9H10F3NO3. The Bertz CT molecular complexity index is 326. The highest BCUT2D eigenvalue weighted by molar-refractivity contribution is 5.19. The van der Waals surface area contributed by atoms with Crippen LogP contribution in [0.4, 0.5) is 13.2 Å². The van der Waals surface area contributed by atoms with E-state index in [0.717, 1.165) is 0 Å². The van der Waals surface area contributed by atoms with E-state index in [2.05, 4.69) is 9.72 Å². The van der Waals surface area contributed by atoms with Gasteiger partial charge in [0.15, 0.2) is 6.10 Å². The summed E-state index contributed by atoms with van der Waals surface area (Å²) < 4.78 is 40.4. The van der Waals surface area contributed by atoms with Crippen molar-refractivity contribution in [2.45, 2.75) is 18.9 Å². The van der Waals surface area contributed by atoms with E-state index >= 15 is 0 Å². The number of pyridine rings is 1. The summed E-state index contributed by atoms with van der Waals surface area (Å²) >= 11 is 0. The van der Waals surface area contributed by atoms with Crippen molar-refractivity contribution in [1.82, 2.24) is 4.98 Å². The second-order valence-corrected chi connectivity index (χ2v) is 3.01. The van der Waals surface area contributed by atoms with Crippen LogP contribution in [0.25, 0.3) is 0 Å². The van der Waals surface area contributed by atoms with E-state index in [4.69, 9.17) is 10.2 Å². The maximum Gasteiger partial charge on any atom is 0.417 e. The van der Waals surface area contributed by atoms with Gasteiger partial charge in [0.25, 0.3) is 0 Å². The van der Waals surface area contributed by atoms with Crippen molar-refractivity contribution in [3.8, 4) is 5.75 Å². The maximum absolute atomic E-state index is 11.9. The van der Waals surface area contributed by atoms with Gasteiger partial charge < -0.3 is 14.9 Å². The predicted molar refractivity (Wildman–Crippen MR) is 47.7 cm³/mol. The smallest absolute Gasteiger partial charge is 0.417 e. The fourth-order valence-electron chi connectivity index (χ4n) is 0.859. The van der Waals surface area contributed by atoms with Crippen molar-refractivity contribution in [2.24, 2.45) is 0 Å². The van der Waals surface area contributed by atoms with Gasteiger partial charge in [-0.3, -0.25) is 4.98 Å². The molecule has 1 aromatic rings. The summed E-state index contributed by atoms with van der Waals surface area (Å²) in [6.45, 7) is -1.14. The molecule has 0 saturated carbocycles. The lowest BCUT2D eigenvalue weighted by Gasteiger charge is -2.15. The molecule has 1 aromatic heterocycles. The maximum atomic E-state index is 11.9. The molecule has 0 spiro atoms. The fraction of sp³-hybridized carbons (Fsp3) is 0.444. The molecule has 0 radical (unpaired) electrons. The number of hydrogen-bond donors (Lipinski definition) is 2. The van der Waals surface area contributed by atoms with Crippen molar-refractivity contribution < 1.29 is 28.1 Å². The summed E-state index contributed by atoms with van der Waals surface area (Å²) in [6, 6.07) is 2.77. The topological polar surface area (TPSA) is 62.6 Å². The minimum atomic E-state index is -4.70. The number of aliphatic hydroxyl groups is 2. The van der Waals surface area contributed by atoms with Crippen LogP contribution in [-0.4, -0.2) is 34.1 Å². The van der Waals surface area contributed by atoms with Gasteiger partial charge in [-0.2, -0.15) is 13.2 Å². The summed E-state index contributed by atoms with van der Waals surface area (Å²) in [5, 5.41) is 17.3. The van der Waals surface area contributed by atoms with Gasteiger partial charge >= 0.3 is 6.18 Å². The van der Waals surface area contributed by atoms with Gasteiger partial charge in [0.2, 0.25) is 0 Å². The number of rotatable bonds is 4. The van der Waals surface area contributed by atoms with E-state index < -0.39 is 18.9 Å². The van der Waals surface area contributed by atoms with E-state index in [9.17, 15) is 13.2 Å². The van der Waals surface area contributed by atoms with E-state index in [1.165, 1.54) is 18.3 Å². The zero-order valence-corrected chi connectivity index (χ0v) is 8.11. The Labute approximate surface area is 89.3 Å². The highest BCUT2D eigenvalue weighted by Crippen LogP contribution is 2.20. The van der Waals surface area contributed by atoms with Crippen LogP contribution in [0.2, 0.25) is 0 Å². The molecular weight excluding hydrogens is 227 g/mol. The molecule has 1 heterocycles. The standard InChI is InChI=1S/C9H10F3NO3/c10-9(11,12)8(15)5-16-7-2-1-6(4-14)13-3-7/h1-3,8,14-15H,4-5H2. The highest BCUT2D eigenvalue weighted by Gasteiger charge is 2.38. The van der Waals surface area contributed by atoms with E-state index in [0.29, 0.717) is 5.69 Å². The van der Waals surface area contributed by atoms with Crippen LogP contribution in [0.5, 0.6) is 5.75 Å². The van der Waals surface area contributed by atoms with Crippen molar-refractivity contribution in [3.05, 3.63) is 24.0 Å². The molecule has 0 aliphatic heterocycles. The summed E-state index contributed by atoms with van der Waals surface area (Å²) in [7, 11) is 0. The molecule has 7 heteroatoms. The van der Waals surface area contributed by atoms with Gasteiger partial charge in [-0.05, 0) is 12.1 Å². The monoisotopic (exact) mass is 237 g/mol. The third-order valence-electron chi connectivity index (χ3n) is 1.75. The molecule has 0 aromatic carbocycles. The quantitative estimate of drug-likeness (QED) is 0.815. The Balaban J connectivity index is 2.48. The SMILES string of the molecule is OCc1ccc(OCC(O)C(F)(F)F)cn1. The fourth-order valence-corrected chi connectivity index (χ4v) is 0.859. The second kappa shape index (κ2) is 5.13. The Morgan fingerprint density at radius 1 is 1.38 bits per heavy atom. The van der Waals surface area contributed by atoms with E-state index in [1.54, 1.807) is 0 Å². The predicted octanol–water partition coefficient (Wildman–Crippen LogP) is 0.876. The summed E-state index contributed by atoms with van der Waals surface area (Å²) in [5.74, 6) is 0.0977. The van der Waals surface area contributed by atoms with Gasteiger partial charge in [0, 0.05) is 0 Å². The molecule has 1 atom stereocenters. The van der Waals surface area contributed by atoms with Gasteiger partial charge in [-0.15, -0.1) is 0 Å². The zero-order valence-electron chi connectivity index (χ0n) is 8.11. The lowest BCUT2D eigenvalue weighted by Crippen LogP contribution is -2.34. The van der Waals surface area contributed by atoms with Gasteiger partial charge in [-0.25, -0.2) is 0 Å². The molecule has 0 aliphatic carbocycles. The van der Waals surface area contributed by atoms with Crippen molar-refractivity contribution >= 4 is 0 Å². The first-order valence-corrected chi connectivity index (χ1v) is 4.37. The van der Waals surface area contributed by atoms with Crippen molar-refractivity contribution in [3.63, 3.8) is 0 Å². The first-order valence-electron chi connectivity index (χ1n) is 4.37. The van der Waals surface area contributed by atoms with Gasteiger partial charge in [-0.1, -0.05) is 0 Å². The summed E-state index contributed by atoms with van der Waals surface area (Å²) in [5.41, 5.74) is 0.378. The first-order chi connectivity index (χ1) is 7.43. The molecule has 0 fully saturated rings. The number of ether oxygens (including phenoxy) is 1. The van der Waals surface area contributed by atoms with Crippen molar-refractivity contribution in [2.75, 3.05) is 6.61 Å². The largest absolute Gasteiger partial charge is 0.489 e. The summed E-state index contributed by atoms with van der Waals surface area (Å²) in [4.78, 5) is 3.70. The number of aliphatic hydroxyl groups excluding tert-OH is 2. The Hall–Kier alpha value is -1.34. The van der Waals surface area contributed by atoms with Crippen LogP contribution in [0.15, 0.2) is 18.3 Å². The van der Waals surface area contributed by atoms with Crippen LogP contribution in [0.1, 0.15) is 5.69 Å². The molecule has 1 unspecified atom stereocenters. The molecule has 1 rings (SSSR count). The van der Waals surface area contributed by atoms with Crippen LogP contribution < -0.4 is 4.74 Å². The molecule has 2 N–H and O–H groups in total. The molecule has 0 saturated heterocycles. The average molecular weight is 237 g/mol. The molecule has 0 amide bonds. The molecule has 0 aliphatic rings. The number of alkyl halides is 3. The summed E-state index contributed by atoms with van der Waals surface area (Å²) in [6.07, 6.45) is -6.04. The number of hydrogen-bond acceptors (Lipinski definition) is 4. The lowest BCUT2D eigenvalue weighted by atomic mass is 10.3. The zero-order chi connectivity index (χ0) is 12.2. The average Bonchev–Trinajstić information content (AvgIpc) is 2.25. The van der Waals surface area contributed by atoms with Crippen LogP contribution in [0, 0.1) is 0 Å². The van der Waals surface area contributed by atoms with Crippen LogP contribution in [-0.2, 0) is 6.61 Å². The van der Waals surface area contributed by atoms with Crippen molar-refractivity contribution in [1.29, 1.82) is 0 Å². The van der Waals surface area contributed by atoms with Gasteiger partial charge in [0.1, 0.15) is 12.4 Å². The number of nitrogens with zero attached hydrogens (tertiary/aromatic N) is 1. The van der Waals surface area contributed by atoms with Crippen LogP contribution in [0.3, 0.4) is 0 Å².